The molecule has 0 spiro atoms. The maximum Gasteiger partial charge on any atom is 0.193 e. The second kappa shape index (κ2) is 8.56. The van der Waals surface area contributed by atoms with Gasteiger partial charge in [-0.1, -0.05) is 20.8 Å². The summed E-state index contributed by atoms with van der Waals surface area (Å²) in [5, 5.41) is 3.60. The monoisotopic (exact) mass is 408 g/mol. The number of halogens is 1. The molecule has 4 nitrogen and oxygen atoms in total. The van der Waals surface area contributed by atoms with Crippen LogP contribution in [-0.2, 0) is 0 Å². The van der Waals surface area contributed by atoms with Gasteiger partial charge in [-0.3, -0.25) is 4.99 Å². The molecule has 2 heterocycles. The molecule has 5 heteroatoms. The van der Waals surface area contributed by atoms with Gasteiger partial charge in [0.25, 0.3) is 0 Å². The minimum atomic E-state index is 0. The van der Waals surface area contributed by atoms with E-state index in [0.717, 1.165) is 31.5 Å². The lowest BCUT2D eigenvalue weighted by atomic mass is 9.93. The molecule has 0 saturated carbocycles. The molecular formula is C16H33IN4. The van der Waals surface area contributed by atoms with Crippen molar-refractivity contribution in [1.29, 1.82) is 0 Å². The molecule has 1 atom stereocenters. The van der Waals surface area contributed by atoms with Crippen LogP contribution >= 0.6 is 24.0 Å². The summed E-state index contributed by atoms with van der Waals surface area (Å²) in [5.41, 5.74) is 0.433. The van der Waals surface area contributed by atoms with Crippen molar-refractivity contribution in [3.63, 3.8) is 0 Å². The zero-order chi connectivity index (χ0) is 14.6. The highest BCUT2D eigenvalue weighted by molar-refractivity contribution is 14.0. The molecule has 0 aromatic heterocycles. The van der Waals surface area contributed by atoms with Crippen molar-refractivity contribution in [2.75, 3.05) is 46.3 Å². The zero-order valence-corrected chi connectivity index (χ0v) is 16.5. The Morgan fingerprint density at radius 1 is 1.33 bits per heavy atom. The molecule has 0 radical (unpaired) electrons. The Bertz CT molecular complexity index is 343. The molecule has 21 heavy (non-hydrogen) atoms. The number of rotatable bonds is 4. The predicted octanol–water partition coefficient (Wildman–Crippen LogP) is 2.64. The van der Waals surface area contributed by atoms with E-state index in [-0.39, 0.29) is 24.0 Å². The Morgan fingerprint density at radius 3 is 2.67 bits per heavy atom. The molecule has 0 aromatic carbocycles. The van der Waals surface area contributed by atoms with E-state index in [1.165, 1.54) is 38.9 Å². The maximum absolute atomic E-state index is 4.47. The first-order valence-electron chi connectivity index (χ1n) is 8.22. The molecule has 0 bridgehead atoms. The lowest BCUT2D eigenvalue weighted by Gasteiger charge is -2.25. The fraction of sp³-hybridized carbons (Fsp3) is 0.938. The normalized spacial score (nSPS) is 26.0. The highest BCUT2D eigenvalue weighted by atomic mass is 127. The number of hydrogen-bond acceptors (Lipinski definition) is 2. The summed E-state index contributed by atoms with van der Waals surface area (Å²) < 4.78 is 0. The summed E-state index contributed by atoms with van der Waals surface area (Å²) in [6, 6.07) is 0. The third-order valence-electron chi connectivity index (χ3n) is 4.65. The smallest absolute Gasteiger partial charge is 0.193 e. The quantitative estimate of drug-likeness (QED) is 0.441. The van der Waals surface area contributed by atoms with Crippen molar-refractivity contribution in [2.24, 2.45) is 16.3 Å². The molecule has 0 aliphatic carbocycles. The highest BCUT2D eigenvalue weighted by Crippen LogP contribution is 2.28. The Hall–Kier alpha value is -0.0400. The number of nitrogens with one attached hydrogen (secondary N) is 1. The van der Waals surface area contributed by atoms with Crippen LogP contribution in [0.1, 0.15) is 40.0 Å². The van der Waals surface area contributed by atoms with Crippen LogP contribution in [0, 0.1) is 11.3 Å². The molecule has 2 aliphatic rings. The van der Waals surface area contributed by atoms with Gasteiger partial charge in [0.2, 0.25) is 0 Å². The van der Waals surface area contributed by atoms with Crippen molar-refractivity contribution >= 4 is 29.9 Å². The van der Waals surface area contributed by atoms with Gasteiger partial charge in [-0.15, -0.1) is 24.0 Å². The van der Waals surface area contributed by atoms with Crippen LogP contribution in [0.4, 0.5) is 0 Å². The topological polar surface area (TPSA) is 30.9 Å². The molecule has 1 N–H and O–H groups in total. The van der Waals surface area contributed by atoms with E-state index in [9.17, 15) is 0 Å². The summed E-state index contributed by atoms with van der Waals surface area (Å²) in [4.78, 5) is 9.48. The van der Waals surface area contributed by atoms with Crippen LogP contribution in [0.25, 0.3) is 0 Å². The minimum absolute atomic E-state index is 0. The first kappa shape index (κ1) is 19.0. The highest BCUT2D eigenvalue weighted by Gasteiger charge is 2.31. The first-order valence-corrected chi connectivity index (χ1v) is 8.22. The van der Waals surface area contributed by atoms with Crippen LogP contribution in [0.5, 0.6) is 0 Å². The van der Waals surface area contributed by atoms with Crippen molar-refractivity contribution < 1.29 is 0 Å². The lowest BCUT2D eigenvalue weighted by Crippen LogP contribution is -2.42. The van der Waals surface area contributed by atoms with Gasteiger partial charge in [-0.2, -0.15) is 0 Å². The summed E-state index contributed by atoms with van der Waals surface area (Å²) in [6.07, 6.45) is 3.86. The van der Waals surface area contributed by atoms with Gasteiger partial charge < -0.3 is 15.1 Å². The van der Waals surface area contributed by atoms with Crippen molar-refractivity contribution in [3.05, 3.63) is 0 Å². The SMILES string of the molecule is CCCN1CCC(CNC(=NC)N2CCC(C)(C)C2)C1.I. The fourth-order valence-electron chi connectivity index (χ4n) is 3.46. The Morgan fingerprint density at radius 2 is 2.10 bits per heavy atom. The molecular weight excluding hydrogens is 375 g/mol. The van der Waals surface area contributed by atoms with E-state index in [4.69, 9.17) is 0 Å². The average molecular weight is 408 g/mol. The number of aliphatic imine (C=N–C) groups is 1. The third kappa shape index (κ3) is 5.58. The second-order valence-corrected chi connectivity index (χ2v) is 7.22. The van der Waals surface area contributed by atoms with Crippen LogP contribution in [-0.4, -0.2) is 62.1 Å². The van der Waals surface area contributed by atoms with E-state index in [0.29, 0.717) is 5.41 Å². The van der Waals surface area contributed by atoms with E-state index >= 15 is 0 Å². The van der Waals surface area contributed by atoms with Gasteiger partial charge >= 0.3 is 0 Å². The average Bonchev–Trinajstić information content (AvgIpc) is 2.98. The summed E-state index contributed by atoms with van der Waals surface area (Å²) in [7, 11) is 1.91. The van der Waals surface area contributed by atoms with Gasteiger partial charge in [-0.05, 0) is 43.7 Å². The largest absolute Gasteiger partial charge is 0.356 e. The van der Waals surface area contributed by atoms with E-state index < -0.39 is 0 Å². The molecule has 0 amide bonds. The summed E-state index contributed by atoms with van der Waals surface area (Å²) in [5.74, 6) is 1.89. The Labute approximate surface area is 147 Å². The lowest BCUT2D eigenvalue weighted by molar-refractivity contribution is 0.323. The van der Waals surface area contributed by atoms with Gasteiger partial charge in [0, 0.05) is 33.2 Å². The Balaban J connectivity index is 0.00000220. The number of nitrogens with zero attached hydrogens (tertiary/aromatic N) is 3. The minimum Gasteiger partial charge on any atom is -0.356 e. The first-order chi connectivity index (χ1) is 9.54. The summed E-state index contributed by atoms with van der Waals surface area (Å²) in [6.45, 7) is 14.1. The van der Waals surface area contributed by atoms with Crippen molar-refractivity contribution in [2.45, 2.75) is 40.0 Å². The summed E-state index contributed by atoms with van der Waals surface area (Å²) >= 11 is 0. The third-order valence-corrected chi connectivity index (χ3v) is 4.65. The van der Waals surface area contributed by atoms with Crippen LogP contribution in [0.2, 0.25) is 0 Å². The maximum atomic E-state index is 4.47. The molecule has 1 unspecified atom stereocenters. The molecule has 2 aliphatic heterocycles. The molecule has 124 valence electrons. The van der Waals surface area contributed by atoms with Gasteiger partial charge in [0.15, 0.2) is 5.96 Å². The van der Waals surface area contributed by atoms with E-state index in [1.54, 1.807) is 0 Å². The Kier molecular flexibility index (Phi) is 7.74. The predicted molar refractivity (Wildman–Crippen MR) is 102 cm³/mol. The van der Waals surface area contributed by atoms with Gasteiger partial charge in [0.05, 0.1) is 0 Å². The molecule has 0 aromatic rings. The molecule has 2 rings (SSSR count). The zero-order valence-electron chi connectivity index (χ0n) is 14.2. The van der Waals surface area contributed by atoms with Gasteiger partial charge in [-0.25, -0.2) is 0 Å². The number of guanidine groups is 1. The van der Waals surface area contributed by atoms with Crippen LogP contribution in [0.3, 0.4) is 0 Å². The second-order valence-electron chi connectivity index (χ2n) is 7.22. The standard InChI is InChI=1S/C16H32N4.HI/c1-5-8-19-9-6-14(12-19)11-18-15(17-4)20-10-7-16(2,3)13-20;/h14H,5-13H2,1-4H3,(H,17,18);1H. The van der Waals surface area contributed by atoms with E-state index in [1.807, 2.05) is 7.05 Å². The number of likely N-dealkylation sites (tertiary alicyclic amines) is 2. The van der Waals surface area contributed by atoms with E-state index in [2.05, 4.69) is 40.9 Å². The van der Waals surface area contributed by atoms with Crippen molar-refractivity contribution in [3.8, 4) is 0 Å². The van der Waals surface area contributed by atoms with Crippen LogP contribution < -0.4 is 5.32 Å². The van der Waals surface area contributed by atoms with Gasteiger partial charge in [0.1, 0.15) is 0 Å². The molecule has 2 saturated heterocycles. The number of hydrogen-bond donors (Lipinski definition) is 1. The fourth-order valence-corrected chi connectivity index (χ4v) is 3.46. The molecule has 2 fully saturated rings. The van der Waals surface area contributed by atoms with Crippen LogP contribution in [0.15, 0.2) is 4.99 Å². The van der Waals surface area contributed by atoms with Crippen molar-refractivity contribution in [1.82, 2.24) is 15.1 Å².